The number of aryl methyl sites for hydroxylation is 1. The van der Waals surface area contributed by atoms with Crippen LogP contribution in [0.4, 0.5) is 0 Å². The molecule has 0 saturated carbocycles. The lowest BCUT2D eigenvalue weighted by molar-refractivity contribution is 0.0781. The number of H-pyrrole nitrogens is 1. The van der Waals surface area contributed by atoms with Gasteiger partial charge in [0.15, 0.2) is 5.82 Å². The third-order valence-corrected chi connectivity index (χ3v) is 6.42. The number of aromatic amines is 1. The summed E-state index contributed by atoms with van der Waals surface area (Å²) in [5.74, 6) is 0.0907. The van der Waals surface area contributed by atoms with Crippen LogP contribution in [0, 0.1) is 6.92 Å². The lowest BCUT2D eigenvalue weighted by atomic mass is 10.1. The Morgan fingerprint density at radius 1 is 1.15 bits per heavy atom. The van der Waals surface area contributed by atoms with E-state index in [1.165, 1.54) is 0 Å². The summed E-state index contributed by atoms with van der Waals surface area (Å²) >= 11 is 12.8. The SMILES string of the molecule is CCn1ncc(CN(C)C(=O)c2nc(-c3cc4nc[nH]c4cc3Cl)nc3ccc(Cl)cc23)c1C. The van der Waals surface area contributed by atoms with Gasteiger partial charge < -0.3 is 9.88 Å². The maximum Gasteiger partial charge on any atom is 0.273 e. The van der Waals surface area contributed by atoms with Crippen molar-refractivity contribution in [3.8, 4) is 11.4 Å². The Morgan fingerprint density at radius 2 is 1.97 bits per heavy atom. The molecule has 0 aliphatic carbocycles. The number of imidazole rings is 1. The van der Waals surface area contributed by atoms with Gasteiger partial charge in [-0.05, 0) is 44.2 Å². The second-order valence-corrected chi connectivity index (χ2v) is 8.88. The van der Waals surface area contributed by atoms with Crippen molar-refractivity contribution in [3.05, 3.63) is 69.9 Å². The van der Waals surface area contributed by atoms with Crippen molar-refractivity contribution in [2.24, 2.45) is 0 Å². The van der Waals surface area contributed by atoms with Crippen molar-refractivity contribution >= 4 is 51.0 Å². The van der Waals surface area contributed by atoms with Crippen molar-refractivity contribution < 1.29 is 4.79 Å². The molecule has 0 radical (unpaired) electrons. The first-order chi connectivity index (χ1) is 16.4. The number of nitrogens with one attached hydrogen (secondary N) is 1. The Labute approximate surface area is 205 Å². The Balaban J connectivity index is 1.61. The highest BCUT2D eigenvalue weighted by molar-refractivity contribution is 6.34. The van der Waals surface area contributed by atoms with Gasteiger partial charge in [-0.3, -0.25) is 9.48 Å². The number of nitrogens with zero attached hydrogens (tertiary/aromatic N) is 6. The van der Waals surface area contributed by atoms with Crippen LogP contribution in [0.5, 0.6) is 0 Å². The molecular formula is C24H21Cl2N7O. The summed E-state index contributed by atoms with van der Waals surface area (Å²) in [6.07, 6.45) is 3.39. The van der Waals surface area contributed by atoms with E-state index in [4.69, 9.17) is 23.2 Å². The maximum atomic E-state index is 13.6. The number of carbonyl (C=O) groups is 1. The van der Waals surface area contributed by atoms with Gasteiger partial charge in [-0.25, -0.2) is 15.0 Å². The van der Waals surface area contributed by atoms with Crippen molar-refractivity contribution in [1.29, 1.82) is 0 Å². The number of amides is 1. The van der Waals surface area contributed by atoms with E-state index in [2.05, 4.69) is 25.0 Å². The van der Waals surface area contributed by atoms with Crippen LogP contribution in [0.25, 0.3) is 33.3 Å². The lowest BCUT2D eigenvalue weighted by Crippen LogP contribution is -2.27. The second-order valence-electron chi connectivity index (χ2n) is 8.04. The van der Waals surface area contributed by atoms with Gasteiger partial charge in [0.2, 0.25) is 0 Å². The van der Waals surface area contributed by atoms with E-state index in [1.807, 2.05) is 24.6 Å². The zero-order chi connectivity index (χ0) is 24.0. The minimum atomic E-state index is -0.253. The van der Waals surface area contributed by atoms with Crippen LogP contribution in [-0.2, 0) is 13.1 Å². The van der Waals surface area contributed by atoms with Crippen LogP contribution in [0.1, 0.15) is 28.7 Å². The van der Waals surface area contributed by atoms with Gasteiger partial charge >= 0.3 is 0 Å². The highest BCUT2D eigenvalue weighted by atomic mass is 35.5. The number of halogens is 2. The Hall–Kier alpha value is -3.49. The van der Waals surface area contributed by atoms with E-state index in [1.54, 1.807) is 48.7 Å². The minimum Gasteiger partial charge on any atom is -0.345 e. The van der Waals surface area contributed by atoms with Crippen molar-refractivity contribution in [1.82, 2.24) is 34.6 Å². The zero-order valence-corrected chi connectivity index (χ0v) is 20.3. The molecule has 1 amide bonds. The smallest absolute Gasteiger partial charge is 0.273 e. The molecule has 0 unspecified atom stereocenters. The number of rotatable bonds is 5. The van der Waals surface area contributed by atoms with Crippen molar-refractivity contribution in [3.63, 3.8) is 0 Å². The molecule has 0 atom stereocenters. The zero-order valence-electron chi connectivity index (χ0n) is 18.8. The average molecular weight is 494 g/mol. The molecule has 3 aromatic heterocycles. The number of aromatic nitrogens is 6. The molecule has 172 valence electrons. The van der Waals surface area contributed by atoms with Gasteiger partial charge in [0, 0.05) is 47.4 Å². The number of benzene rings is 2. The summed E-state index contributed by atoms with van der Waals surface area (Å²) in [5.41, 5.74) is 4.98. The van der Waals surface area contributed by atoms with Crippen LogP contribution >= 0.6 is 23.2 Å². The highest BCUT2D eigenvalue weighted by Crippen LogP contribution is 2.32. The first-order valence-electron chi connectivity index (χ1n) is 10.7. The van der Waals surface area contributed by atoms with Crippen LogP contribution in [0.3, 0.4) is 0 Å². The van der Waals surface area contributed by atoms with Crippen molar-refractivity contribution in [2.75, 3.05) is 7.05 Å². The number of hydrogen-bond donors (Lipinski definition) is 1. The van der Waals surface area contributed by atoms with Crippen LogP contribution in [-0.4, -0.2) is 47.6 Å². The minimum absolute atomic E-state index is 0.253. The summed E-state index contributed by atoms with van der Waals surface area (Å²) in [6, 6.07) is 8.80. The first kappa shape index (κ1) is 22.3. The topological polar surface area (TPSA) is 92.6 Å². The summed E-state index contributed by atoms with van der Waals surface area (Å²) in [4.78, 5) is 31.9. The first-order valence-corrected chi connectivity index (χ1v) is 11.5. The van der Waals surface area contributed by atoms with Crippen LogP contribution in [0.2, 0.25) is 10.0 Å². The molecule has 0 saturated heterocycles. The molecule has 0 aliphatic heterocycles. The molecule has 0 bridgehead atoms. The molecule has 5 rings (SSSR count). The van der Waals surface area contributed by atoms with Gasteiger partial charge in [0.25, 0.3) is 5.91 Å². The molecule has 34 heavy (non-hydrogen) atoms. The molecule has 5 aromatic rings. The van der Waals surface area contributed by atoms with Crippen LogP contribution in [0.15, 0.2) is 42.9 Å². The molecule has 0 spiro atoms. The van der Waals surface area contributed by atoms with E-state index in [-0.39, 0.29) is 11.6 Å². The van der Waals surface area contributed by atoms with Gasteiger partial charge in [0.05, 0.1) is 34.1 Å². The van der Waals surface area contributed by atoms with Gasteiger partial charge in [0.1, 0.15) is 5.69 Å². The van der Waals surface area contributed by atoms with E-state index in [9.17, 15) is 4.79 Å². The lowest BCUT2D eigenvalue weighted by Gasteiger charge is -2.18. The largest absolute Gasteiger partial charge is 0.345 e. The monoisotopic (exact) mass is 493 g/mol. The summed E-state index contributed by atoms with van der Waals surface area (Å²) in [7, 11) is 1.74. The van der Waals surface area contributed by atoms with E-state index in [0.717, 1.165) is 28.8 Å². The second kappa shape index (κ2) is 8.70. The predicted molar refractivity (Wildman–Crippen MR) is 133 cm³/mol. The van der Waals surface area contributed by atoms with Gasteiger partial charge in [-0.2, -0.15) is 5.10 Å². The molecule has 8 nitrogen and oxygen atoms in total. The summed E-state index contributed by atoms with van der Waals surface area (Å²) in [6.45, 7) is 5.19. The van der Waals surface area contributed by atoms with E-state index >= 15 is 0 Å². The summed E-state index contributed by atoms with van der Waals surface area (Å²) < 4.78 is 1.90. The number of hydrogen-bond acceptors (Lipinski definition) is 5. The summed E-state index contributed by atoms with van der Waals surface area (Å²) in [5, 5.41) is 5.91. The van der Waals surface area contributed by atoms with E-state index in [0.29, 0.717) is 38.9 Å². The number of fused-ring (bicyclic) bond motifs is 2. The quantitative estimate of drug-likeness (QED) is 0.359. The molecule has 2 aromatic carbocycles. The maximum absolute atomic E-state index is 13.6. The van der Waals surface area contributed by atoms with Gasteiger partial charge in [-0.15, -0.1) is 0 Å². The normalized spacial score (nSPS) is 11.4. The Morgan fingerprint density at radius 3 is 2.74 bits per heavy atom. The van der Waals surface area contributed by atoms with Crippen LogP contribution < -0.4 is 0 Å². The molecule has 0 aliphatic rings. The highest BCUT2D eigenvalue weighted by Gasteiger charge is 2.22. The predicted octanol–water partition coefficient (Wildman–Crippen LogP) is 5.28. The molecule has 3 heterocycles. The standard InChI is InChI=1S/C24H21Cl2N7O/c1-4-33-13(2)14(10-29-33)11-32(3)24(34)22-17-7-15(25)5-6-19(17)30-23(31-22)16-8-20-21(9-18(16)26)28-12-27-20/h5-10,12H,4,11H2,1-3H3,(H,27,28). The molecule has 10 heteroatoms. The van der Waals surface area contributed by atoms with Gasteiger partial charge in [-0.1, -0.05) is 23.2 Å². The average Bonchev–Trinajstić information content (AvgIpc) is 3.43. The number of carbonyl (C=O) groups excluding carboxylic acids is 1. The molecule has 0 fully saturated rings. The fraction of sp³-hybridized carbons (Fsp3) is 0.208. The fourth-order valence-electron chi connectivity index (χ4n) is 3.98. The molecular weight excluding hydrogens is 473 g/mol. The third-order valence-electron chi connectivity index (χ3n) is 5.87. The third kappa shape index (κ3) is 3.89. The molecule has 1 N–H and O–H groups in total. The van der Waals surface area contributed by atoms with E-state index < -0.39 is 0 Å². The fourth-order valence-corrected chi connectivity index (χ4v) is 4.40. The Bertz CT molecular complexity index is 1560. The van der Waals surface area contributed by atoms with Crippen molar-refractivity contribution in [2.45, 2.75) is 26.9 Å². The Kier molecular flexibility index (Phi) is 5.71.